The largest absolute Gasteiger partial charge is 0.462 e. The number of carbonyl (C=O) groups is 1. The Hall–Kier alpha value is -1.24. The molecular weight excluding hydrogens is 337 g/mol. The summed E-state index contributed by atoms with van der Waals surface area (Å²) in [5, 5.41) is 1.67. The van der Waals surface area contributed by atoms with Gasteiger partial charge in [0.1, 0.15) is 5.60 Å². The Bertz CT molecular complexity index is 819. The van der Waals surface area contributed by atoms with Gasteiger partial charge >= 0.3 is 0 Å². The van der Waals surface area contributed by atoms with Crippen molar-refractivity contribution in [2.24, 2.45) is 0 Å². The van der Waals surface area contributed by atoms with Crippen molar-refractivity contribution in [2.75, 3.05) is 0 Å². The van der Waals surface area contributed by atoms with Crippen LogP contribution in [0.4, 0.5) is 0 Å². The van der Waals surface area contributed by atoms with Crippen LogP contribution in [0.3, 0.4) is 0 Å². The molecule has 1 aromatic rings. The predicted octanol–water partition coefficient (Wildman–Crippen LogP) is 3.48. The van der Waals surface area contributed by atoms with E-state index >= 15 is 0 Å². The Balaban J connectivity index is 0.000000199. The number of benzene rings is 1. The fraction of sp³-hybridized carbons (Fsp3) is 0.308. The SMILES string of the molecule is CC(C)(C)OC=O.O=S(=O)(Cl)c1c2c3ccc(Cl)cc3n1-2. The molecule has 1 aromatic carbocycles. The summed E-state index contributed by atoms with van der Waals surface area (Å²) in [6, 6.07) is 5.23. The summed E-state index contributed by atoms with van der Waals surface area (Å²) >= 11 is 5.77. The van der Waals surface area contributed by atoms with Crippen LogP contribution in [-0.2, 0) is 18.6 Å². The maximum absolute atomic E-state index is 11.0. The summed E-state index contributed by atoms with van der Waals surface area (Å²) in [6.07, 6.45) is 0. The zero-order valence-electron chi connectivity index (χ0n) is 11.6. The van der Waals surface area contributed by atoms with E-state index in [0.29, 0.717) is 17.2 Å². The maximum Gasteiger partial charge on any atom is 0.293 e. The molecule has 2 aliphatic heterocycles. The highest BCUT2D eigenvalue weighted by Gasteiger charge is 2.40. The molecule has 0 saturated carbocycles. The van der Waals surface area contributed by atoms with E-state index in [-0.39, 0.29) is 10.6 Å². The molecule has 2 aliphatic rings. The van der Waals surface area contributed by atoms with Crippen molar-refractivity contribution >= 4 is 48.7 Å². The third-order valence-electron chi connectivity index (χ3n) is 2.67. The molecule has 0 fully saturated rings. The molecule has 0 atom stereocenters. The molecule has 0 aromatic heterocycles. The van der Waals surface area contributed by atoms with Crippen molar-refractivity contribution in [1.29, 1.82) is 0 Å². The number of hydrogen-bond donors (Lipinski definition) is 0. The van der Waals surface area contributed by atoms with E-state index in [2.05, 4.69) is 4.74 Å². The lowest BCUT2D eigenvalue weighted by atomic mass is 10.2. The van der Waals surface area contributed by atoms with Crippen LogP contribution in [0.1, 0.15) is 20.8 Å². The minimum absolute atomic E-state index is 0.191. The zero-order chi connectivity index (χ0) is 16.0. The van der Waals surface area contributed by atoms with Gasteiger partial charge in [-0.2, -0.15) is 0 Å². The average molecular weight is 350 g/mol. The van der Waals surface area contributed by atoms with Gasteiger partial charge in [-0.05, 0) is 39.0 Å². The highest BCUT2D eigenvalue weighted by molar-refractivity contribution is 8.14. The van der Waals surface area contributed by atoms with Gasteiger partial charge in [0.25, 0.3) is 15.5 Å². The zero-order valence-corrected chi connectivity index (χ0v) is 13.9. The fourth-order valence-electron chi connectivity index (χ4n) is 1.82. The number of hydrogen-bond acceptors (Lipinski definition) is 4. The van der Waals surface area contributed by atoms with E-state index in [0.717, 1.165) is 10.9 Å². The lowest BCUT2D eigenvalue weighted by Gasteiger charge is -2.14. The van der Waals surface area contributed by atoms with Crippen LogP contribution in [0, 0.1) is 0 Å². The van der Waals surface area contributed by atoms with Crippen LogP contribution in [0.25, 0.3) is 16.6 Å². The van der Waals surface area contributed by atoms with Crippen molar-refractivity contribution in [2.45, 2.75) is 31.4 Å². The van der Waals surface area contributed by atoms with E-state index in [9.17, 15) is 13.2 Å². The highest BCUT2D eigenvalue weighted by Crippen LogP contribution is 2.49. The van der Waals surface area contributed by atoms with Gasteiger partial charge in [0.15, 0.2) is 5.03 Å². The smallest absolute Gasteiger partial charge is 0.293 e. The number of rotatable bonds is 2. The van der Waals surface area contributed by atoms with Crippen molar-refractivity contribution < 1.29 is 17.9 Å². The Labute approximate surface area is 131 Å². The summed E-state index contributed by atoms with van der Waals surface area (Å²) in [6.45, 7) is 5.92. The number of carbonyl (C=O) groups excluding carboxylic acids is 1. The maximum atomic E-state index is 11.0. The second-order valence-electron chi connectivity index (χ2n) is 5.41. The Morgan fingerprint density at radius 3 is 2.33 bits per heavy atom. The first-order valence-electron chi connectivity index (χ1n) is 5.97. The summed E-state index contributed by atoms with van der Waals surface area (Å²) in [5.74, 6) is 0. The number of nitrogens with zero attached hydrogens (tertiary/aromatic N) is 1. The second kappa shape index (κ2) is 5.19. The van der Waals surface area contributed by atoms with Crippen molar-refractivity contribution in [1.82, 2.24) is 4.57 Å². The van der Waals surface area contributed by atoms with Crippen LogP contribution in [0.15, 0.2) is 23.2 Å². The van der Waals surface area contributed by atoms with Gasteiger partial charge < -0.3 is 4.74 Å². The molecule has 0 amide bonds. The number of ether oxygens (including phenoxy) is 1. The standard InChI is InChI=1S/C8H3Cl2NO2S.C5H10O2/c9-4-1-2-5-6(3-4)11-7(5)8(11)14(10,12)13;1-5(2,3)7-4-6/h1-3H;4H,1-3H3. The van der Waals surface area contributed by atoms with Crippen LogP contribution in [0.2, 0.25) is 5.02 Å². The Morgan fingerprint density at radius 2 is 1.90 bits per heavy atom. The van der Waals surface area contributed by atoms with E-state index in [1.54, 1.807) is 22.8 Å². The van der Waals surface area contributed by atoms with Gasteiger partial charge in [0.05, 0.1) is 11.2 Å². The number of halogens is 2. The lowest BCUT2D eigenvalue weighted by molar-refractivity contribution is -0.138. The molecule has 5 nitrogen and oxygen atoms in total. The van der Waals surface area contributed by atoms with Crippen LogP contribution >= 0.6 is 22.3 Å². The normalized spacial score (nSPS) is 12.6. The van der Waals surface area contributed by atoms with Crippen LogP contribution in [0.5, 0.6) is 0 Å². The molecule has 2 heterocycles. The molecule has 0 aliphatic carbocycles. The molecule has 3 rings (SSSR count). The van der Waals surface area contributed by atoms with Crippen LogP contribution < -0.4 is 0 Å². The van der Waals surface area contributed by atoms with E-state index in [1.165, 1.54) is 0 Å². The Kier molecular flexibility index (Phi) is 3.99. The third-order valence-corrected chi connectivity index (χ3v) is 4.18. The topological polar surface area (TPSA) is 65.4 Å². The molecule has 0 bridgehead atoms. The van der Waals surface area contributed by atoms with Gasteiger partial charge in [0.2, 0.25) is 0 Å². The van der Waals surface area contributed by atoms with Crippen molar-refractivity contribution in [3.05, 3.63) is 23.2 Å². The molecule has 0 radical (unpaired) electrons. The summed E-state index contributed by atoms with van der Waals surface area (Å²) in [5.41, 5.74) is 1.19. The number of aromatic nitrogens is 1. The molecule has 114 valence electrons. The summed E-state index contributed by atoms with van der Waals surface area (Å²) in [4.78, 5) is 9.60. The highest BCUT2D eigenvalue weighted by atomic mass is 35.7. The first-order valence-corrected chi connectivity index (χ1v) is 8.65. The van der Waals surface area contributed by atoms with Gasteiger partial charge in [-0.3, -0.25) is 9.36 Å². The molecular formula is C13H13Cl2NO4S. The van der Waals surface area contributed by atoms with E-state index < -0.39 is 9.05 Å². The average Bonchev–Trinajstić information content (AvgIpc) is 2.95. The molecule has 0 saturated heterocycles. The monoisotopic (exact) mass is 349 g/mol. The molecule has 0 spiro atoms. The fourth-order valence-corrected chi connectivity index (χ4v) is 3.21. The van der Waals surface area contributed by atoms with E-state index in [1.807, 2.05) is 20.8 Å². The first-order chi connectivity index (χ1) is 9.56. The molecule has 8 heteroatoms. The number of fused-ring (bicyclic) bond motifs is 4. The van der Waals surface area contributed by atoms with Gasteiger partial charge in [-0.25, -0.2) is 8.42 Å². The minimum atomic E-state index is -3.61. The predicted molar refractivity (Wildman–Crippen MR) is 81.8 cm³/mol. The minimum Gasteiger partial charge on any atom is -0.462 e. The quantitative estimate of drug-likeness (QED) is 0.524. The summed E-state index contributed by atoms with van der Waals surface area (Å²) in [7, 11) is 1.62. The van der Waals surface area contributed by atoms with E-state index in [4.69, 9.17) is 22.3 Å². The van der Waals surface area contributed by atoms with Crippen molar-refractivity contribution in [3.63, 3.8) is 0 Å². The van der Waals surface area contributed by atoms with Gasteiger partial charge in [-0.15, -0.1) is 0 Å². The third kappa shape index (κ3) is 3.33. The molecule has 0 N–H and O–H groups in total. The van der Waals surface area contributed by atoms with Gasteiger partial charge in [-0.1, -0.05) is 11.6 Å². The molecule has 0 unspecified atom stereocenters. The second-order valence-corrected chi connectivity index (χ2v) is 8.33. The van der Waals surface area contributed by atoms with Crippen molar-refractivity contribution in [3.8, 4) is 5.69 Å². The van der Waals surface area contributed by atoms with Crippen LogP contribution in [-0.4, -0.2) is 25.1 Å². The Morgan fingerprint density at radius 1 is 1.29 bits per heavy atom. The summed E-state index contributed by atoms with van der Waals surface area (Å²) < 4.78 is 28.2. The molecule has 21 heavy (non-hydrogen) atoms. The lowest BCUT2D eigenvalue weighted by Crippen LogP contribution is -2.17. The first kappa shape index (κ1) is 16.1. The van der Waals surface area contributed by atoms with Gasteiger partial charge in [0, 0.05) is 21.1 Å².